The second-order valence-electron chi connectivity index (χ2n) is 4.52. The molecular formula is C12H17BrN2O2S. The van der Waals surface area contributed by atoms with Crippen molar-refractivity contribution in [3.8, 4) is 0 Å². The van der Waals surface area contributed by atoms with Crippen LogP contribution in [-0.2, 0) is 6.54 Å². The number of rotatable bonds is 3. The Bertz CT molecular complexity index is 411. The van der Waals surface area contributed by atoms with Crippen molar-refractivity contribution >= 4 is 33.3 Å². The van der Waals surface area contributed by atoms with Crippen molar-refractivity contribution in [1.29, 1.82) is 0 Å². The third-order valence-electron chi connectivity index (χ3n) is 3.09. The lowest BCUT2D eigenvalue weighted by molar-refractivity contribution is 0.0943. The van der Waals surface area contributed by atoms with E-state index in [0.717, 1.165) is 35.0 Å². The highest BCUT2D eigenvalue weighted by molar-refractivity contribution is 9.10. The second-order valence-corrected chi connectivity index (χ2v) is 6.43. The van der Waals surface area contributed by atoms with Gasteiger partial charge in [0.1, 0.15) is 0 Å². The largest absolute Gasteiger partial charge is 0.391 e. The number of amides is 2. The summed E-state index contributed by atoms with van der Waals surface area (Å²) in [7, 11) is 0. The molecule has 1 fully saturated rings. The number of hydrogen-bond donors (Lipinski definition) is 3. The summed E-state index contributed by atoms with van der Waals surface area (Å²) >= 11 is 4.98. The fraction of sp³-hybridized carbons (Fsp3) is 0.583. The minimum absolute atomic E-state index is 0.103. The normalized spacial score (nSPS) is 23.7. The van der Waals surface area contributed by atoms with Crippen LogP contribution in [0.15, 0.2) is 15.9 Å². The van der Waals surface area contributed by atoms with E-state index in [1.165, 1.54) is 0 Å². The van der Waals surface area contributed by atoms with Crippen molar-refractivity contribution in [1.82, 2.24) is 10.6 Å². The third-order valence-corrected chi connectivity index (χ3v) is 4.79. The van der Waals surface area contributed by atoms with Crippen LogP contribution in [0.1, 0.15) is 30.6 Å². The van der Waals surface area contributed by atoms with Crippen LogP contribution in [-0.4, -0.2) is 23.3 Å². The molecule has 2 rings (SSSR count). The molecule has 2 atom stereocenters. The summed E-state index contributed by atoms with van der Waals surface area (Å²) < 4.78 is 1.03. The van der Waals surface area contributed by atoms with Crippen molar-refractivity contribution in [3.63, 3.8) is 0 Å². The Morgan fingerprint density at radius 3 is 2.94 bits per heavy atom. The van der Waals surface area contributed by atoms with E-state index in [-0.39, 0.29) is 12.1 Å². The predicted molar refractivity (Wildman–Crippen MR) is 75.7 cm³/mol. The molecule has 2 amide bonds. The van der Waals surface area contributed by atoms with Crippen LogP contribution in [0.25, 0.3) is 0 Å². The van der Waals surface area contributed by atoms with Crippen molar-refractivity contribution in [3.05, 3.63) is 20.8 Å². The summed E-state index contributed by atoms with van der Waals surface area (Å²) in [5, 5.41) is 17.4. The summed E-state index contributed by atoms with van der Waals surface area (Å²) in [6, 6.07) is 1.68. The average Bonchev–Trinajstić information content (AvgIpc) is 2.76. The molecule has 6 heteroatoms. The van der Waals surface area contributed by atoms with E-state index in [2.05, 4.69) is 26.6 Å². The third kappa shape index (κ3) is 3.96. The van der Waals surface area contributed by atoms with E-state index >= 15 is 0 Å². The number of hydrogen-bond acceptors (Lipinski definition) is 3. The number of nitrogens with one attached hydrogen (secondary N) is 2. The molecule has 1 aliphatic carbocycles. The zero-order valence-electron chi connectivity index (χ0n) is 9.99. The van der Waals surface area contributed by atoms with Crippen molar-refractivity contribution in [2.45, 2.75) is 44.4 Å². The fourth-order valence-corrected chi connectivity index (χ4v) is 3.50. The van der Waals surface area contributed by atoms with Crippen LogP contribution in [0, 0.1) is 0 Å². The molecule has 0 aromatic carbocycles. The van der Waals surface area contributed by atoms with E-state index in [0.29, 0.717) is 6.54 Å². The summed E-state index contributed by atoms with van der Waals surface area (Å²) in [6.07, 6.45) is 3.35. The Morgan fingerprint density at radius 2 is 2.28 bits per heavy atom. The smallest absolute Gasteiger partial charge is 0.315 e. The molecule has 0 aliphatic heterocycles. The first kappa shape index (κ1) is 13.8. The minimum Gasteiger partial charge on any atom is -0.391 e. The van der Waals surface area contributed by atoms with Crippen LogP contribution < -0.4 is 10.6 Å². The van der Waals surface area contributed by atoms with E-state index < -0.39 is 6.10 Å². The van der Waals surface area contributed by atoms with E-state index in [4.69, 9.17) is 0 Å². The molecule has 18 heavy (non-hydrogen) atoms. The van der Waals surface area contributed by atoms with Gasteiger partial charge in [0.05, 0.1) is 18.7 Å². The van der Waals surface area contributed by atoms with E-state index in [9.17, 15) is 9.90 Å². The predicted octanol–water partition coefficient (Wildman–Crippen LogP) is 2.61. The van der Waals surface area contributed by atoms with E-state index in [1.807, 2.05) is 11.4 Å². The molecule has 0 saturated heterocycles. The first-order valence-corrected chi connectivity index (χ1v) is 7.78. The molecule has 1 heterocycles. The van der Waals surface area contributed by atoms with Gasteiger partial charge >= 0.3 is 6.03 Å². The molecule has 1 aliphatic rings. The number of aliphatic hydroxyl groups excluding tert-OH is 1. The topological polar surface area (TPSA) is 61.4 Å². The second kappa shape index (κ2) is 6.54. The maximum Gasteiger partial charge on any atom is 0.315 e. The molecule has 0 spiro atoms. The molecule has 100 valence electrons. The standard InChI is InChI=1S/C12H17BrN2O2S/c13-8-5-9(18-7-8)6-14-12(17)15-10-3-1-2-4-11(10)16/h5,7,10-11,16H,1-4,6H2,(H2,14,15,17). The first-order valence-electron chi connectivity index (χ1n) is 6.10. The molecule has 4 nitrogen and oxygen atoms in total. The lowest BCUT2D eigenvalue weighted by Crippen LogP contribution is -2.48. The van der Waals surface area contributed by atoms with Crippen LogP contribution in [0.2, 0.25) is 0 Å². The van der Waals surface area contributed by atoms with Gasteiger partial charge in [0.25, 0.3) is 0 Å². The van der Waals surface area contributed by atoms with Crippen LogP contribution in [0.5, 0.6) is 0 Å². The summed E-state index contributed by atoms with van der Waals surface area (Å²) in [6.45, 7) is 0.519. The highest BCUT2D eigenvalue weighted by Gasteiger charge is 2.24. The number of carbonyl (C=O) groups is 1. The van der Waals surface area contributed by atoms with Crippen molar-refractivity contribution < 1.29 is 9.90 Å². The van der Waals surface area contributed by atoms with Gasteiger partial charge in [-0.2, -0.15) is 0 Å². The molecule has 0 radical (unpaired) electrons. The summed E-state index contributed by atoms with van der Waals surface area (Å²) in [5.74, 6) is 0. The van der Waals surface area contributed by atoms with Crippen LogP contribution in [0.4, 0.5) is 4.79 Å². The number of urea groups is 1. The van der Waals surface area contributed by atoms with Crippen molar-refractivity contribution in [2.75, 3.05) is 0 Å². The van der Waals surface area contributed by atoms with Gasteiger partial charge in [-0.15, -0.1) is 11.3 Å². The van der Waals surface area contributed by atoms with Gasteiger partial charge < -0.3 is 15.7 Å². The Labute approximate surface area is 119 Å². The molecule has 3 N–H and O–H groups in total. The van der Waals surface area contributed by atoms with Crippen LogP contribution >= 0.6 is 27.3 Å². The highest BCUT2D eigenvalue weighted by atomic mass is 79.9. The molecule has 1 saturated carbocycles. The Balaban J connectivity index is 1.74. The van der Waals surface area contributed by atoms with Gasteiger partial charge in [-0.1, -0.05) is 12.8 Å². The van der Waals surface area contributed by atoms with E-state index in [1.54, 1.807) is 11.3 Å². The highest BCUT2D eigenvalue weighted by Crippen LogP contribution is 2.20. The monoisotopic (exact) mass is 332 g/mol. The van der Waals surface area contributed by atoms with Gasteiger partial charge in [0.15, 0.2) is 0 Å². The fourth-order valence-electron chi connectivity index (χ4n) is 2.11. The Hall–Kier alpha value is -0.590. The lowest BCUT2D eigenvalue weighted by atomic mass is 9.93. The maximum atomic E-state index is 11.7. The zero-order chi connectivity index (χ0) is 13.0. The molecule has 2 unspecified atom stereocenters. The number of aliphatic hydroxyl groups is 1. The van der Waals surface area contributed by atoms with Gasteiger partial charge in [-0.05, 0) is 34.8 Å². The molecule has 0 bridgehead atoms. The van der Waals surface area contributed by atoms with Gasteiger partial charge in [-0.25, -0.2) is 4.79 Å². The molecule has 1 aromatic heterocycles. The lowest BCUT2D eigenvalue weighted by Gasteiger charge is -2.28. The Morgan fingerprint density at radius 1 is 1.50 bits per heavy atom. The number of halogens is 1. The maximum absolute atomic E-state index is 11.7. The number of thiophene rings is 1. The SMILES string of the molecule is O=C(NCc1cc(Br)cs1)NC1CCCCC1O. The average molecular weight is 333 g/mol. The van der Waals surface area contributed by atoms with Gasteiger partial charge in [0, 0.05) is 14.7 Å². The minimum atomic E-state index is -0.402. The molecular weight excluding hydrogens is 316 g/mol. The van der Waals surface area contributed by atoms with Gasteiger partial charge in [-0.3, -0.25) is 0 Å². The Kier molecular flexibility index (Phi) is 5.03. The van der Waals surface area contributed by atoms with Gasteiger partial charge in [0.2, 0.25) is 0 Å². The molecule has 1 aromatic rings. The van der Waals surface area contributed by atoms with Crippen LogP contribution in [0.3, 0.4) is 0 Å². The summed E-state index contributed by atoms with van der Waals surface area (Å²) in [5.41, 5.74) is 0. The number of carbonyl (C=O) groups excluding carboxylic acids is 1. The summed E-state index contributed by atoms with van der Waals surface area (Å²) in [4.78, 5) is 12.8. The first-order chi connectivity index (χ1) is 8.65. The van der Waals surface area contributed by atoms with Crippen molar-refractivity contribution in [2.24, 2.45) is 0 Å². The zero-order valence-corrected chi connectivity index (χ0v) is 12.4. The quantitative estimate of drug-likeness (QED) is 0.796.